The van der Waals surface area contributed by atoms with Gasteiger partial charge in [-0.3, -0.25) is 4.79 Å². The Morgan fingerprint density at radius 2 is 2.00 bits per heavy atom. The number of amidine groups is 1. The standard InChI is InChI=1S/C19H21N5O2/c1-12-4-5-15-14(8-12)17(25)19(26)6-7-24(18(19)22-15)13-9-20-16(21-10-13)11-23(2)3/h4-5,8-10,26H,6-7,11H2,1-3H3/t19-/m1/s1. The fraction of sp³-hybridized carbons (Fsp3) is 0.368. The van der Waals surface area contributed by atoms with Crippen LogP contribution >= 0.6 is 0 Å². The summed E-state index contributed by atoms with van der Waals surface area (Å²) in [6.45, 7) is 3.06. The van der Waals surface area contributed by atoms with E-state index in [-0.39, 0.29) is 5.78 Å². The highest BCUT2D eigenvalue weighted by atomic mass is 16.3. The van der Waals surface area contributed by atoms with Crippen LogP contribution in [-0.4, -0.2) is 57.8 Å². The molecule has 1 fully saturated rings. The lowest BCUT2D eigenvalue weighted by Gasteiger charge is -2.29. The Morgan fingerprint density at radius 3 is 2.69 bits per heavy atom. The van der Waals surface area contributed by atoms with Gasteiger partial charge in [0, 0.05) is 18.5 Å². The molecule has 1 aromatic heterocycles. The SMILES string of the molecule is Cc1ccc2c(c1)C(=O)[C@]1(O)CCN(c3cnc(CN(C)C)nc3)C1=N2. The predicted octanol–water partition coefficient (Wildman–Crippen LogP) is 1.71. The highest BCUT2D eigenvalue weighted by molar-refractivity contribution is 6.28. The molecule has 7 heteroatoms. The summed E-state index contributed by atoms with van der Waals surface area (Å²) >= 11 is 0. The number of nitrogens with zero attached hydrogens (tertiary/aromatic N) is 5. The Labute approximate surface area is 152 Å². The van der Waals surface area contributed by atoms with E-state index in [1.807, 2.05) is 43.0 Å². The van der Waals surface area contributed by atoms with Crippen LogP contribution in [0.2, 0.25) is 0 Å². The number of ketones is 1. The van der Waals surface area contributed by atoms with Crippen molar-refractivity contribution in [1.82, 2.24) is 14.9 Å². The first kappa shape index (κ1) is 16.8. The van der Waals surface area contributed by atoms with E-state index in [0.29, 0.717) is 36.6 Å². The number of aromatic nitrogens is 2. The van der Waals surface area contributed by atoms with Crippen LogP contribution in [0.15, 0.2) is 35.6 Å². The average Bonchev–Trinajstić information content (AvgIpc) is 2.94. The van der Waals surface area contributed by atoms with E-state index >= 15 is 0 Å². The Kier molecular flexibility index (Phi) is 3.86. The summed E-state index contributed by atoms with van der Waals surface area (Å²) in [4.78, 5) is 30.1. The molecule has 1 atom stereocenters. The first-order chi connectivity index (χ1) is 12.4. The van der Waals surface area contributed by atoms with Crippen LogP contribution in [0.5, 0.6) is 0 Å². The summed E-state index contributed by atoms with van der Waals surface area (Å²) in [7, 11) is 3.92. The number of rotatable bonds is 3. The van der Waals surface area contributed by atoms with Gasteiger partial charge in [0.15, 0.2) is 5.60 Å². The van der Waals surface area contributed by atoms with E-state index in [0.717, 1.165) is 17.1 Å². The summed E-state index contributed by atoms with van der Waals surface area (Å²) in [6, 6.07) is 5.53. The molecule has 0 amide bonds. The molecule has 0 bridgehead atoms. The number of aliphatic imine (C=N–C) groups is 1. The molecule has 1 N–H and O–H groups in total. The lowest BCUT2D eigenvalue weighted by atomic mass is 9.87. The van der Waals surface area contributed by atoms with Gasteiger partial charge in [-0.1, -0.05) is 11.6 Å². The summed E-state index contributed by atoms with van der Waals surface area (Å²) in [5.74, 6) is 0.798. The number of hydrogen-bond acceptors (Lipinski definition) is 7. The molecule has 1 aromatic carbocycles. The zero-order valence-electron chi connectivity index (χ0n) is 15.1. The van der Waals surface area contributed by atoms with Gasteiger partial charge < -0.3 is 14.9 Å². The molecule has 0 spiro atoms. The van der Waals surface area contributed by atoms with Gasteiger partial charge in [-0.2, -0.15) is 0 Å². The number of benzene rings is 1. The van der Waals surface area contributed by atoms with Crippen molar-refractivity contribution in [3.63, 3.8) is 0 Å². The Hall–Kier alpha value is -2.64. The predicted molar refractivity (Wildman–Crippen MR) is 98.9 cm³/mol. The molecule has 2 aliphatic heterocycles. The van der Waals surface area contributed by atoms with Gasteiger partial charge >= 0.3 is 0 Å². The van der Waals surface area contributed by atoms with E-state index in [2.05, 4.69) is 15.0 Å². The summed E-state index contributed by atoms with van der Waals surface area (Å²) in [6.07, 6.45) is 3.74. The molecule has 7 nitrogen and oxygen atoms in total. The fourth-order valence-corrected chi connectivity index (χ4v) is 3.45. The summed E-state index contributed by atoms with van der Waals surface area (Å²) in [5, 5.41) is 11.1. The lowest BCUT2D eigenvalue weighted by Crippen LogP contribution is -2.48. The first-order valence-corrected chi connectivity index (χ1v) is 8.59. The molecule has 2 aromatic rings. The van der Waals surface area contributed by atoms with E-state index in [9.17, 15) is 9.90 Å². The summed E-state index contributed by atoms with van der Waals surface area (Å²) in [5.41, 5.74) is 1.20. The molecule has 26 heavy (non-hydrogen) atoms. The number of hydrogen-bond donors (Lipinski definition) is 1. The molecule has 1 saturated heterocycles. The maximum atomic E-state index is 12.9. The Balaban J connectivity index is 1.72. The number of fused-ring (bicyclic) bond motifs is 2. The zero-order chi connectivity index (χ0) is 18.5. The monoisotopic (exact) mass is 351 g/mol. The second-order valence-corrected chi connectivity index (χ2v) is 7.14. The second-order valence-electron chi connectivity index (χ2n) is 7.14. The fourth-order valence-electron chi connectivity index (χ4n) is 3.45. The highest BCUT2D eigenvalue weighted by Crippen LogP contribution is 2.39. The van der Waals surface area contributed by atoms with Crippen molar-refractivity contribution in [2.45, 2.75) is 25.5 Å². The minimum Gasteiger partial charge on any atom is -0.374 e. The maximum absolute atomic E-state index is 12.9. The van der Waals surface area contributed by atoms with Crippen LogP contribution in [0.1, 0.15) is 28.2 Å². The van der Waals surface area contributed by atoms with Crippen LogP contribution in [0.25, 0.3) is 0 Å². The van der Waals surface area contributed by atoms with Crippen molar-refractivity contribution < 1.29 is 9.90 Å². The topological polar surface area (TPSA) is 81.9 Å². The number of carbonyl (C=O) groups excluding carboxylic acids is 1. The Morgan fingerprint density at radius 1 is 1.27 bits per heavy atom. The third kappa shape index (κ3) is 2.60. The molecule has 134 valence electrons. The van der Waals surface area contributed by atoms with Crippen molar-refractivity contribution in [2.75, 3.05) is 25.5 Å². The third-order valence-electron chi connectivity index (χ3n) is 4.78. The first-order valence-electron chi connectivity index (χ1n) is 8.59. The van der Waals surface area contributed by atoms with Crippen molar-refractivity contribution in [1.29, 1.82) is 0 Å². The van der Waals surface area contributed by atoms with Crippen LogP contribution in [-0.2, 0) is 6.54 Å². The smallest absolute Gasteiger partial charge is 0.204 e. The molecule has 0 radical (unpaired) electrons. The van der Waals surface area contributed by atoms with Crippen LogP contribution < -0.4 is 4.90 Å². The van der Waals surface area contributed by atoms with Gasteiger partial charge in [-0.25, -0.2) is 15.0 Å². The molecule has 0 unspecified atom stereocenters. The molecule has 2 aliphatic rings. The quantitative estimate of drug-likeness (QED) is 0.907. The normalized spacial score (nSPS) is 21.7. The zero-order valence-corrected chi connectivity index (χ0v) is 15.1. The molecular formula is C19H21N5O2. The second kappa shape index (κ2) is 5.96. The van der Waals surface area contributed by atoms with Crippen LogP contribution in [0, 0.1) is 6.92 Å². The largest absolute Gasteiger partial charge is 0.374 e. The van der Waals surface area contributed by atoms with Crippen molar-refractivity contribution >= 4 is 23.0 Å². The van der Waals surface area contributed by atoms with Gasteiger partial charge in [0.05, 0.1) is 30.3 Å². The van der Waals surface area contributed by atoms with Crippen molar-refractivity contribution in [3.8, 4) is 0 Å². The van der Waals surface area contributed by atoms with Crippen molar-refractivity contribution in [2.24, 2.45) is 4.99 Å². The molecule has 0 saturated carbocycles. The average molecular weight is 351 g/mol. The van der Waals surface area contributed by atoms with E-state index < -0.39 is 5.60 Å². The Bertz CT molecular complexity index is 907. The number of aliphatic hydroxyl groups is 1. The minimum atomic E-state index is -1.58. The third-order valence-corrected chi connectivity index (χ3v) is 4.78. The van der Waals surface area contributed by atoms with Gasteiger partial charge in [-0.15, -0.1) is 0 Å². The number of carbonyl (C=O) groups is 1. The molecule has 3 heterocycles. The minimum absolute atomic E-state index is 0.283. The molecule has 4 rings (SSSR count). The van der Waals surface area contributed by atoms with E-state index in [1.165, 1.54) is 0 Å². The molecular weight excluding hydrogens is 330 g/mol. The van der Waals surface area contributed by atoms with Crippen molar-refractivity contribution in [3.05, 3.63) is 47.5 Å². The van der Waals surface area contributed by atoms with E-state index in [4.69, 9.17) is 0 Å². The van der Waals surface area contributed by atoms with Gasteiger partial charge in [0.2, 0.25) is 5.78 Å². The lowest BCUT2D eigenvalue weighted by molar-refractivity contribution is 0.0602. The molecule has 0 aliphatic carbocycles. The van der Waals surface area contributed by atoms with Gasteiger partial charge in [-0.05, 0) is 33.2 Å². The summed E-state index contributed by atoms with van der Waals surface area (Å²) < 4.78 is 0. The number of aryl methyl sites for hydroxylation is 1. The van der Waals surface area contributed by atoms with E-state index in [1.54, 1.807) is 18.5 Å². The number of anilines is 1. The maximum Gasteiger partial charge on any atom is 0.204 e. The number of Topliss-reactive ketones (excluding diaryl/α,β-unsaturated/α-hetero) is 1. The van der Waals surface area contributed by atoms with Crippen LogP contribution in [0.3, 0.4) is 0 Å². The highest BCUT2D eigenvalue weighted by Gasteiger charge is 2.52. The van der Waals surface area contributed by atoms with Crippen LogP contribution in [0.4, 0.5) is 11.4 Å². The van der Waals surface area contributed by atoms with Gasteiger partial charge in [0.1, 0.15) is 11.7 Å². The van der Waals surface area contributed by atoms with Gasteiger partial charge in [0.25, 0.3) is 0 Å².